The van der Waals surface area contributed by atoms with Gasteiger partial charge in [0.25, 0.3) is 0 Å². The second kappa shape index (κ2) is 6.50. The van der Waals surface area contributed by atoms with Gasteiger partial charge >= 0.3 is 0 Å². The molecule has 0 heterocycles. The Morgan fingerprint density at radius 2 is 1.81 bits per heavy atom. The zero-order chi connectivity index (χ0) is 14.7. The van der Waals surface area contributed by atoms with Crippen molar-refractivity contribution in [1.29, 1.82) is 0 Å². The van der Waals surface area contributed by atoms with Crippen molar-refractivity contribution in [2.24, 2.45) is 0 Å². The van der Waals surface area contributed by atoms with Gasteiger partial charge in [0.2, 0.25) is 0 Å². The highest BCUT2D eigenvalue weighted by atomic mass is 35.5. The van der Waals surface area contributed by atoms with Gasteiger partial charge in [-0.3, -0.25) is 0 Å². The van der Waals surface area contributed by atoms with Crippen LogP contribution in [-0.2, 0) is 19.3 Å². The summed E-state index contributed by atoms with van der Waals surface area (Å²) < 4.78 is 5.58. The Bertz CT molecular complexity index is 607. The Morgan fingerprint density at radius 1 is 1.05 bits per heavy atom. The van der Waals surface area contributed by atoms with E-state index >= 15 is 0 Å². The summed E-state index contributed by atoms with van der Waals surface area (Å²) in [5, 5.41) is 10.8. The fourth-order valence-corrected chi connectivity index (χ4v) is 2.93. The second-order valence-corrected chi connectivity index (χ2v) is 6.02. The van der Waals surface area contributed by atoms with Crippen molar-refractivity contribution in [3.8, 4) is 5.75 Å². The third-order valence-electron chi connectivity index (χ3n) is 3.89. The van der Waals surface area contributed by atoms with Gasteiger partial charge in [0.05, 0.1) is 6.10 Å². The van der Waals surface area contributed by atoms with Crippen LogP contribution in [0.3, 0.4) is 0 Å². The fraction of sp³-hybridized carbons (Fsp3) is 0.333. The molecule has 2 aromatic rings. The van der Waals surface area contributed by atoms with E-state index in [1.54, 1.807) is 12.1 Å². The molecule has 1 aliphatic carbocycles. The first kappa shape index (κ1) is 14.4. The van der Waals surface area contributed by atoms with Crippen molar-refractivity contribution >= 4 is 11.6 Å². The van der Waals surface area contributed by atoms with Crippen molar-refractivity contribution in [1.82, 2.24) is 0 Å². The van der Waals surface area contributed by atoms with E-state index < -0.39 is 6.10 Å². The van der Waals surface area contributed by atoms with Crippen LogP contribution >= 0.6 is 11.6 Å². The highest BCUT2D eigenvalue weighted by Gasteiger charge is 2.13. The lowest BCUT2D eigenvalue weighted by Crippen LogP contribution is -2.20. The van der Waals surface area contributed by atoms with Crippen LogP contribution in [0, 0.1) is 0 Å². The number of benzene rings is 2. The maximum Gasteiger partial charge on any atom is 0.119 e. The number of hydrogen-bond donors (Lipinski definition) is 1. The minimum absolute atomic E-state index is 0.290. The summed E-state index contributed by atoms with van der Waals surface area (Å²) in [7, 11) is 0. The van der Waals surface area contributed by atoms with E-state index in [9.17, 15) is 5.11 Å². The van der Waals surface area contributed by atoms with Crippen LogP contribution < -0.4 is 4.74 Å². The Labute approximate surface area is 130 Å². The average Bonchev–Trinajstić information content (AvgIpc) is 2.94. The molecule has 2 nitrogen and oxygen atoms in total. The molecule has 3 heteroatoms. The molecule has 0 radical (unpaired) electrons. The van der Waals surface area contributed by atoms with E-state index in [0.29, 0.717) is 18.1 Å². The van der Waals surface area contributed by atoms with E-state index in [0.717, 1.165) is 5.75 Å². The van der Waals surface area contributed by atoms with Crippen LogP contribution in [0.4, 0.5) is 0 Å². The van der Waals surface area contributed by atoms with Crippen molar-refractivity contribution < 1.29 is 9.84 Å². The van der Waals surface area contributed by atoms with Gasteiger partial charge < -0.3 is 9.84 Å². The predicted molar refractivity (Wildman–Crippen MR) is 85.1 cm³/mol. The van der Waals surface area contributed by atoms with Gasteiger partial charge in [0.15, 0.2) is 0 Å². The van der Waals surface area contributed by atoms with Crippen LogP contribution in [-0.4, -0.2) is 17.8 Å². The van der Waals surface area contributed by atoms with Crippen LogP contribution in [0.1, 0.15) is 23.1 Å². The van der Waals surface area contributed by atoms with Crippen LogP contribution in [0.2, 0.25) is 5.02 Å². The monoisotopic (exact) mass is 302 g/mol. The number of ether oxygens (including phenoxy) is 1. The average molecular weight is 303 g/mol. The second-order valence-electron chi connectivity index (χ2n) is 5.58. The molecule has 1 atom stereocenters. The van der Waals surface area contributed by atoms with Crippen molar-refractivity contribution in [3.63, 3.8) is 0 Å². The molecular weight excluding hydrogens is 284 g/mol. The van der Waals surface area contributed by atoms with Gasteiger partial charge in [-0.25, -0.2) is 0 Å². The van der Waals surface area contributed by atoms with Crippen molar-refractivity contribution in [3.05, 3.63) is 64.2 Å². The number of aryl methyl sites for hydroxylation is 2. The molecule has 0 saturated carbocycles. The molecule has 1 aliphatic rings. The lowest BCUT2D eigenvalue weighted by molar-refractivity contribution is 0.108. The smallest absolute Gasteiger partial charge is 0.119 e. The highest BCUT2D eigenvalue weighted by molar-refractivity contribution is 6.30. The number of hydrogen-bond acceptors (Lipinski definition) is 2. The molecule has 1 N–H and O–H groups in total. The number of aliphatic hydroxyl groups is 1. The normalized spacial score (nSPS) is 14.8. The molecule has 2 aromatic carbocycles. The van der Waals surface area contributed by atoms with Crippen LogP contribution in [0.5, 0.6) is 5.75 Å². The summed E-state index contributed by atoms with van der Waals surface area (Å²) in [5.74, 6) is 0.729. The Morgan fingerprint density at radius 3 is 2.62 bits per heavy atom. The first-order chi connectivity index (χ1) is 10.2. The molecule has 0 fully saturated rings. The highest BCUT2D eigenvalue weighted by Crippen LogP contribution is 2.23. The van der Waals surface area contributed by atoms with E-state index in [1.165, 1.54) is 36.0 Å². The molecule has 0 bridgehead atoms. The number of fused-ring (bicyclic) bond motifs is 1. The molecule has 1 unspecified atom stereocenters. The van der Waals surface area contributed by atoms with Gasteiger partial charge in [-0.2, -0.15) is 0 Å². The molecule has 110 valence electrons. The summed E-state index contributed by atoms with van der Waals surface area (Å²) in [4.78, 5) is 0. The summed E-state index contributed by atoms with van der Waals surface area (Å²) in [6.45, 7) is 0.290. The van der Waals surface area contributed by atoms with Gasteiger partial charge in [-0.15, -0.1) is 0 Å². The van der Waals surface area contributed by atoms with Crippen molar-refractivity contribution in [2.75, 3.05) is 6.61 Å². The molecule has 0 amide bonds. The minimum Gasteiger partial charge on any atom is -0.491 e. The third kappa shape index (κ3) is 3.78. The van der Waals surface area contributed by atoms with Crippen LogP contribution in [0.25, 0.3) is 0 Å². The molecule has 0 spiro atoms. The minimum atomic E-state index is -0.500. The molecule has 0 aromatic heterocycles. The van der Waals surface area contributed by atoms with E-state index in [-0.39, 0.29) is 0 Å². The summed E-state index contributed by atoms with van der Waals surface area (Å²) in [6.07, 6.45) is 3.74. The van der Waals surface area contributed by atoms with E-state index in [2.05, 4.69) is 18.2 Å². The molecule has 0 saturated heterocycles. The Balaban J connectivity index is 1.54. The lowest BCUT2D eigenvalue weighted by atomic mass is 10.0. The standard InChI is InChI=1S/C18H19ClO2/c19-16-6-8-18(9-7-16)21-12-17(20)11-13-4-5-14-2-1-3-15(14)10-13/h4-10,17,20H,1-3,11-12H2. The zero-order valence-corrected chi connectivity index (χ0v) is 12.6. The SMILES string of the molecule is OC(COc1ccc(Cl)cc1)Cc1ccc2c(c1)CCC2. The fourth-order valence-electron chi connectivity index (χ4n) is 2.81. The predicted octanol–water partition coefficient (Wildman–Crippen LogP) is 3.81. The number of rotatable bonds is 5. The summed E-state index contributed by atoms with van der Waals surface area (Å²) in [6, 6.07) is 13.7. The Hall–Kier alpha value is -1.51. The summed E-state index contributed by atoms with van der Waals surface area (Å²) >= 11 is 5.82. The zero-order valence-electron chi connectivity index (χ0n) is 11.9. The summed E-state index contributed by atoms with van der Waals surface area (Å²) in [5.41, 5.74) is 4.09. The molecular formula is C18H19ClO2. The molecule has 0 aliphatic heterocycles. The molecule has 3 rings (SSSR count). The lowest BCUT2D eigenvalue weighted by Gasteiger charge is -2.13. The van der Waals surface area contributed by atoms with Gasteiger partial charge in [-0.1, -0.05) is 29.8 Å². The Kier molecular flexibility index (Phi) is 4.47. The van der Waals surface area contributed by atoms with Gasteiger partial charge in [-0.05, 0) is 60.2 Å². The topological polar surface area (TPSA) is 29.5 Å². The maximum absolute atomic E-state index is 10.1. The van der Waals surface area contributed by atoms with Crippen LogP contribution in [0.15, 0.2) is 42.5 Å². The van der Waals surface area contributed by atoms with E-state index in [4.69, 9.17) is 16.3 Å². The maximum atomic E-state index is 10.1. The van der Waals surface area contributed by atoms with E-state index in [1.807, 2.05) is 12.1 Å². The first-order valence-corrected chi connectivity index (χ1v) is 7.75. The van der Waals surface area contributed by atoms with Gasteiger partial charge in [0.1, 0.15) is 12.4 Å². The third-order valence-corrected chi connectivity index (χ3v) is 4.14. The largest absolute Gasteiger partial charge is 0.491 e. The number of halogens is 1. The van der Waals surface area contributed by atoms with Gasteiger partial charge in [0, 0.05) is 11.4 Å². The quantitative estimate of drug-likeness (QED) is 0.910. The van der Waals surface area contributed by atoms with Crippen molar-refractivity contribution in [2.45, 2.75) is 31.8 Å². The first-order valence-electron chi connectivity index (χ1n) is 7.38. The number of aliphatic hydroxyl groups excluding tert-OH is 1. The molecule has 21 heavy (non-hydrogen) atoms.